The molecule has 0 atom stereocenters. The molecule has 2 aromatic heterocycles. The summed E-state index contributed by atoms with van der Waals surface area (Å²) in [6.45, 7) is 2.94. The molecular weight excluding hydrogens is 538 g/mol. The molecule has 4 rings (SSSR count). The van der Waals surface area contributed by atoms with E-state index in [-0.39, 0.29) is 41.0 Å². The highest BCUT2D eigenvalue weighted by Crippen LogP contribution is 2.35. The molecule has 3 aromatic rings. The molecule has 1 aromatic carbocycles. The monoisotopic (exact) mass is 577 g/mol. The molecule has 0 saturated heterocycles. The van der Waals surface area contributed by atoms with Gasteiger partial charge in [-0.25, -0.2) is 4.98 Å². The van der Waals surface area contributed by atoms with Crippen LogP contribution in [0.1, 0.15) is 58.6 Å². The van der Waals surface area contributed by atoms with Gasteiger partial charge in [-0.05, 0) is 68.9 Å². The summed E-state index contributed by atoms with van der Waals surface area (Å²) in [5.41, 5.74) is 1.89. The number of aromatic nitrogens is 1. The second kappa shape index (κ2) is 13.6. The Bertz CT molecular complexity index is 1440. The van der Waals surface area contributed by atoms with Gasteiger partial charge in [-0.1, -0.05) is 6.07 Å². The number of hydrogen-bond acceptors (Lipinski definition) is 7. The Morgan fingerprint density at radius 1 is 1.00 bits per heavy atom. The van der Waals surface area contributed by atoms with Crippen molar-refractivity contribution < 1.29 is 28.3 Å². The molecule has 0 unspecified atom stereocenters. The van der Waals surface area contributed by atoms with E-state index in [2.05, 4.69) is 15.6 Å². The van der Waals surface area contributed by atoms with Crippen LogP contribution in [0.4, 0.5) is 11.5 Å². The number of ether oxygens (including phenoxy) is 1. The highest BCUT2D eigenvalue weighted by molar-refractivity contribution is 6.15. The number of hydrogen-bond donors (Lipinski definition) is 2. The number of benzene rings is 1. The van der Waals surface area contributed by atoms with Crippen LogP contribution >= 0.6 is 0 Å². The maximum Gasteiger partial charge on any atom is 0.294 e. The first kappa shape index (κ1) is 30.7. The van der Waals surface area contributed by atoms with Crippen LogP contribution in [0.5, 0.6) is 0 Å². The molecular formula is C31H39N5O6. The molecule has 0 aliphatic heterocycles. The summed E-state index contributed by atoms with van der Waals surface area (Å²) >= 11 is 0. The lowest BCUT2D eigenvalue weighted by Gasteiger charge is -2.28. The number of anilines is 2. The largest absolute Gasteiger partial charge is 0.449 e. The van der Waals surface area contributed by atoms with Gasteiger partial charge in [-0.15, -0.1) is 0 Å². The number of carbonyl (C=O) groups is 4. The van der Waals surface area contributed by atoms with Crippen molar-refractivity contribution in [3.63, 3.8) is 0 Å². The van der Waals surface area contributed by atoms with Gasteiger partial charge in [0, 0.05) is 70.4 Å². The van der Waals surface area contributed by atoms with Crippen molar-refractivity contribution in [1.29, 1.82) is 0 Å². The quantitative estimate of drug-likeness (QED) is 0.343. The molecule has 42 heavy (non-hydrogen) atoms. The number of rotatable bonds is 10. The predicted octanol–water partition coefficient (Wildman–Crippen LogP) is 4.33. The zero-order valence-electron chi connectivity index (χ0n) is 24.9. The van der Waals surface area contributed by atoms with E-state index >= 15 is 0 Å². The third kappa shape index (κ3) is 7.14. The van der Waals surface area contributed by atoms with Crippen LogP contribution in [-0.4, -0.2) is 79.8 Å². The number of carbonyl (C=O) groups excluding carboxylic acids is 4. The number of methoxy groups -OCH3 is 1. The van der Waals surface area contributed by atoms with Crippen LogP contribution in [0.3, 0.4) is 0 Å². The van der Waals surface area contributed by atoms with Crippen molar-refractivity contribution in [2.75, 3.05) is 52.0 Å². The Kier molecular flexibility index (Phi) is 9.95. The van der Waals surface area contributed by atoms with Crippen molar-refractivity contribution in [1.82, 2.24) is 14.8 Å². The Morgan fingerprint density at radius 2 is 1.71 bits per heavy atom. The van der Waals surface area contributed by atoms with Crippen LogP contribution < -0.4 is 10.6 Å². The van der Waals surface area contributed by atoms with Crippen molar-refractivity contribution >= 4 is 46.1 Å². The molecule has 4 amide bonds. The molecule has 0 spiro atoms. The maximum absolute atomic E-state index is 13.5. The van der Waals surface area contributed by atoms with Gasteiger partial charge in [-0.2, -0.15) is 0 Å². The van der Waals surface area contributed by atoms with Crippen LogP contribution in [0.2, 0.25) is 0 Å². The first-order valence-electron chi connectivity index (χ1n) is 14.2. The Hall–Kier alpha value is -4.25. The van der Waals surface area contributed by atoms with Crippen molar-refractivity contribution in [3.8, 4) is 0 Å². The van der Waals surface area contributed by atoms with Crippen molar-refractivity contribution in [2.45, 2.75) is 39.0 Å². The Labute approximate surface area is 245 Å². The minimum Gasteiger partial charge on any atom is -0.449 e. The van der Waals surface area contributed by atoms with Gasteiger partial charge in [-0.3, -0.25) is 19.2 Å². The zero-order chi connectivity index (χ0) is 30.4. The molecule has 224 valence electrons. The lowest BCUT2D eigenvalue weighted by atomic mass is 9.81. The highest BCUT2D eigenvalue weighted by Gasteiger charge is 2.32. The van der Waals surface area contributed by atoms with E-state index < -0.39 is 5.91 Å². The summed E-state index contributed by atoms with van der Waals surface area (Å²) in [4.78, 5) is 59.8. The minimum absolute atomic E-state index is 0.0720. The number of fused-ring (bicyclic) bond motifs is 1. The van der Waals surface area contributed by atoms with Crippen LogP contribution in [0.15, 0.2) is 40.9 Å². The molecule has 2 N–H and O–H groups in total. The van der Waals surface area contributed by atoms with E-state index in [1.54, 1.807) is 68.5 Å². The van der Waals surface area contributed by atoms with Crippen molar-refractivity contribution in [2.24, 2.45) is 11.8 Å². The SMILES string of the molecule is COCCCN(C)C(=O)c1ccc2oc(C(=O)Nc3ccc(C)cn3)c(NC(=O)[C@H]3CC[C@H](C(=O)N(C)C)CC3)c2c1. The summed E-state index contributed by atoms with van der Waals surface area (Å²) in [5.74, 6) is -1.15. The second-order valence-corrected chi connectivity index (χ2v) is 11.0. The molecule has 2 heterocycles. The zero-order valence-corrected chi connectivity index (χ0v) is 24.9. The van der Waals surface area contributed by atoms with E-state index in [0.29, 0.717) is 67.6 Å². The third-order valence-electron chi connectivity index (χ3n) is 7.62. The van der Waals surface area contributed by atoms with Gasteiger partial charge >= 0.3 is 0 Å². The number of furan rings is 1. The van der Waals surface area contributed by atoms with Crippen LogP contribution in [-0.2, 0) is 14.3 Å². The topological polar surface area (TPSA) is 134 Å². The molecule has 1 saturated carbocycles. The molecule has 1 aliphatic carbocycles. The molecule has 0 bridgehead atoms. The van der Waals surface area contributed by atoms with Gasteiger partial charge in [0.25, 0.3) is 11.8 Å². The van der Waals surface area contributed by atoms with Gasteiger partial charge in [0.1, 0.15) is 17.1 Å². The lowest BCUT2D eigenvalue weighted by molar-refractivity contribution is -0.135. The minimum atomic E-state index is -0.581. The number of nitrogens with zero attached hydrogens (tertiary/aromatic N) is 3. The summed E-state index contributed by atoms with van der Waals surface area (Å²) in [6.07, 6.45) is 4.65. The van der Waals surface area contributed by atoms with Crippen molar-refractivity contribution in [3.05, 3.63) is 53.4 Å². The average Bonchev–Trinajstić information content (AvgIpc) is 3.35. The van der Waals surface area contributed by atoms with Gasteiger partial charge in [0.2, 0.25) is 17.6 Å². The first-order chi connectivity index (χ1) is 20.1. The molecule has 11 nitrogen and oxygen atoms in total. The van der Waals surface area contributed by atoms with E-state index in [1.807, 2.05) is 13.0 Å². The number of pyridine rings is 1. The lowest BCUT2D eigenvalue weighted by Crippen LogP contribution is -2.35. The van der Waals surface area contributed by atoms with Crippen LogP contribution in [0.25, 0.3) is 11.0 Å². The van der Waals surface area contributed by atoms with Gasteiger partial charge in [0.05, 0.1) is 0 Å². The van der Waals surface area contributed by atoms with E-state index in [4.69, 9.17) is 9.15 Å². The molecule has 1 aliphatic rings. The van der Waals surface area contributed by atoms with E-state index in [0.717, 1.165) is 5.56 Å². The van der Waals surface area contributed by atoms with Crippen LogP contribution in [0, 0.1) is 18.8 Å². The Balaban J connectivity index is 1.62. The fourth-order valence-corrected chi connectivity index (χ4v) is 5.19. The standard InChI is InChI=1S/C31H39N5O6/c1-19-7-14-25(32-18-19)33-29(38)27-26(34-28(37)20-8-10-21(11-9-20)30(39)35(2)3)23-17-22(12-13-24(23)42-27)31(40)36(4)15-6-16-41-5/h7,12-14,17-18,20-21H,6,8-11,15-16H2,1-5H3,(H,34,37)(H,32,33,38)/t20-,21-. The highest BCUT2D eigenvalue weighted by atomic mass is 16.5. The third-order valence-corrected chi connectivity index (χ3v) is 7.62. The number of amides is 4. The smallest absolute Gasteiger partial charge is 0.294 e. The summed E-state index contributed by atoms with van der Waals surface area (Å²) in [6, 6.07) is 8.40. The summed E-state index contributed by atoms with van der Waals surface area (Å²) < 4.78 is 11.0. The summed E-state index contributed by atoms with van der Waals surface area (Å²) in [7, 11) is 6.80. The normalized spacial score (nSPS) is 16.6. The second-order valence-electron chi connectivity index (χ2n) is 11.0. The predicted molar refractivity (Wildman–Crippen MR) is 159 cm³/mol. The Morgan fingerprint density at radius 3 is 2.36 bits per heavy atom. The molecule has 11 heteroatoms. The fourth-order valence-electron chi connectivity index (χ4n) is 5.19. The van der Waals surface area contributed by atoms with E-state index in [9.17, 15) is 19.2 Å². The van der Waals surface area contributed by atoms with Gasteiger partial charge in [0.15, 0.2) is 0 Å². The summed E-state index contributed by atoms with van der Waals surface area (Å²) in [5, 5.41) is 6.10. The average molecular weight is 578 g/mol. The molecule has 0 radical (unpaired) electrons. The number of aryl methyl sites for hydroxylation is 1. The number of nitrogens with one attached hydrogen (secondary N) is 2. The first-order valence-corrected chi connectivity index (χ1v) is 14.2. The maximum atomic E-state index is 13.5. The van der Waals surface area contributed by atoms with Gasteiger partial charge < -0.3 is 29.6 Å². The van der Waals surface area contributed by atoms with E-state index in [1.165, 1.54) is 0 Å². The fraction of sp³-hybridized carbons (Fsp3) is 0.452. The molecule has 1 fully saturated rings.